The van der Waals surface area contributed by atoms with Gasteiger partial charge in [-0.25, -0.2) is 0 Å². The first-order valence-electron chi connectivity index (χ1n) is 9.22. The minimum absolute atomic E-state index is 0.0216. The van der Waals surface area contributed by atoms with E-state index < -0.39 is 5.41 Å². The molecule has 1 heterocycles. The number of carbonyl (C=O) groups excluding carboxylic acids is 2. The maximum Gasteiger partial charge on any atom is 0.227 e. The van der Waals surface area contributed by atoms with Crippen LogP contribution in [0.3, 0.4) is 0 Å². The fraction of sp³-hybridized carbons (Fsp3) is 0.600. The van der Waals surface area contributed by atoms with Gasteiger partial charge in [0.25, 0.3) is 0 Å². The molecule has 26 heavy (non-hydrogen) atoms. The molecule has 1 aliphatic rings. The Hall–Kier alpha value is -1.75. The lowest BCUT2D eigenvalue weighted by Gasteiger charge is -2.34. The van der Waals surface area contributed by atoms with Gasteiger partial charge in [-0.2, -0.15) is 0 Å². The molecule has 0 bridgehead atoms. The minimum Gasteiger partial charge on any atom is -0.494 e. The van der Waals surface area contributed by atoms with Crippen molar-refractivity contribution < 1.29 is 14.3 Å². The van der Waals surface area contributed by atoms with E-state index >= 15 is 0 Å². The van der Waals surface area contributed by atoms with Crippen molar-refractivity contribution in [3.8, 4) is 5.75 Å². The molecule has 0 atom stereocenters. The minimum atomic E-state index is -0.567. The first kappa shape index (κ1) is 20.6. The highest BCUT2D eigenvalue weighted by molar-refractivity contribution is 6.19. The summed E-state index contributed by atoms with van der Waals surface area (Å²) in [6.07, 6.45) is 1.95. The number of benzene rings is 1. The van der Waals surface area contributed by atoms with Gasteiger partial charge in [-0.05, 0) is 51.3 Å². The van der Waals surface area contributed by atoms with E-state index in [0.717, 1.165) is 24.2 Å². The Kier molecular flexibility index (Phi) is 7.33. The number of ether oxygens (including phenoxy) is 1. The number of rotatable bonds is 7. The maximum absolute atomic E-state index is 12.5. The van der Waals surface area contributed by atoms with Crippen molar-refractivity contribution in [1.82, 2.24) is 10.2 Å². The summed E-state index contributed by atoms with van der Waals surface area (Å²) in [4.78, 5) is 26.6. The number of nitrogens with zero attached hydrogens (tertiary/aromatic N) is 1. The van der Waals surface area contributed by atoms with Crippen LogP contribution in [-0.4, -0.2) is 48.3 Å². The molecule has 6 heteroatoms. The number of hydrogen-bond donors (Lipinski definition) is 1. The molecule has 5 nitrogen and oxygen atoms in total. The standard InChI is InChI=1S/C20H29ClN2O3/c1-4-26-17-7-5-15(6-8-17)13-18(24)23-11-9-16(10-12-23)22-19(25)20(2,3)14-21/h5-8,16H,4,9-14H2,1-3H3,(H,22,25). The van der Waals surface area contributed by atoms with Crippen LogP contribution in [0.1, 0.15) is 39.2 Å². The molecule has 1 N–H and O–H groups in total. The molecule has 144 valence electrons. The summed E-state index contributed by atoms with van der Waals surface area (Å²) in [5.41, 5.74) is 0.417. The Morgan fingerprint density at radius 1 is 1.23 bits per heavy atom. The maximum atomic E-state index is 12.5. The van der Waals surface area contributed by atoms with Crippen LogP contribution in [0.4, 0.5) is 0 Å². The first-order valence-corrected chi connectivity index (χ1v) is 9.75. The summed E-state index contributed by atoms with van der Waals surface area (Å²) in [5.74, 6) is 1.21. The van der Waals surface area contributed by atoms with Gasteiger partial charge in [-0.1, -0.05) is 12.1 Å². The molecule has 1 aliphatic heterocycles. The Balaban J connectivity index is 1.80. The molecule has 0 unspecified atom stereocenters. The number of piperidine rings is 1. The van der Waals surface area contributed by atoms with Crippen LogP contribution < -0.4 is 10.1 Å². The highest BCUT2D eigenvalue weighted by Crippen LogP contribution is 2.20. The molecule has 0 spiro atoms. The summed E-state index contributed by atoms with van der Waals surface area (Å²) in [7, 11) is 0. The van der Waals surface area contributed by atoms with Gasteiger partial charge in [0.2, 0.25) is 11.8 Å². The van der Waals surface area contributed by atoms with Crippen molar-refractivity contribution in [1.29, 1.82) is 0 Å². The predicted molar refractivity (Wildman–Crippen MR) is 104 cm³/mol. The molecule has 0 aromatic heterocycles. The zero-order chi connectivity index (χ0) is 19.2. The van der Waals surface area contributed by atoms with Crippen LogP contribution in [0.15, 0.2) is 24.3 Å². The highest BCUT2D eigenvalue weighted by Gasteiger charge is 2.30. The quantitative estimate of drug-likeness (QED) is 0.740. The van der Waals surface area contributed by atoms with E-state index in [-0.39, 0.29) is 23.7 Å². The van der Waals surface area contributed by atoms with E-state index in [4.69, 9.17) is 16.3 Å². The number of amides is 2. The second-order valence-corrected chi connectivity index (χ2v) is 7.67. The van der Waals surface area contributed by atoms with Gasteiger partial charge < -0.3 is 15.0 Å². The fourth-order valence-electron chi connectivity index (χ4n) is 2.87. The number of likely N-dealkylation sites (tertiary alicyclic amines) is 1. The van der Waals surface area contributed by atoms with Gasteiger partial charge in [0, 0.05) is 25.0 Å². The van der Waals surface area contributed by atoms with Crippen molar-refractivity contribution in [3.05, 3.63) is 29.8 Å². The van der Waals surface area contributed by atoms with Gasteiger partial charge in [0.1, 0.15) is 5.75 Å². The average molecular weight is 381 g/mol. The molecular formula is C20H29ClN2O3. The molecule has 1 fully saturated rings. The van der Waals surface area contributed by atoms with Crippen LogP contribution >= 0.6 is 11.6 Å². The van der Waals surface area contributed by atoms with Gasteiger partial charge in [0.15, 0.2) is 0 Å². The van der Waals surface area contributed by atoms with Crippen molar-refractivity contribution in [3.63, 3.8) is 0 Å². The van der Waals surface area contributed by atoms with Crippen LogP contribution in [-0.2, 0) is 16.0 Å². The van der Waals surface area contributed by atoms with Gasteiger partial charge in [0.05, 0.1) is 18.4 Å². The van der Waals surface area contributed by atoms with Crippen LogP contribution in [0.25, 0.3) is 0 Å². The number of halogens is 1. The summed E-state index contributed by atoms with van der Waals surface area (Å²) in [6, 6.07) is 7.77. The Morgan fingerprint density at radius 2 is 1.85 bits per heavy atom. The van der Waals surface area contributed by atoms with Crippen LogP contribution in [0.5, 0.6) is 5.75 Å². The third kappa shape index (κ3) is 5.63. The lowest BCUT2D eigenvalue weighted by molar-refractivity contribution is -0.132. The zero-order valence-electron chi connectivity index (χ0n) is 15.9. The van der Waals surface area contributed by atoms with E-state index in [9.17, 15) is 9.59 Å². The first-order chi connectivity index (χ1) is 12.4. The Morgan fingerprint density at radius 3 is 2.38 bits per heavy atom. The third-order valence-corrected chi connectivity index (χ3v) is 5.39. The number of alkyl halides is 1. The van der Waals surface area contributed by atoms with E-state index in [1.54, 1.807) is 0 Å². The SMILES string of the molecule is CCOc1ccc(CC(=O)N2CCC(NC(=O)C(C)(C)CCl)CC2)cc1. The van der Waals surface area contributed by atoms with Crippen molar-refractivity contribution in [2.24, 2.45) is 5.41 Å². The van der Waals surface area contributed by atoms with Crippen LogP contribution in [0, 0.1) is 5.41 Å². The smallest absolute Gasteiger partial charge is 0.227 e. The second-order valence-electron chi connectivity index (χ2n) is 7.40. The number of nitrogens with one attached hydrogen (secondary N) is 1. The molecule has 0 aliphatic carbocycles. The number of hydrogen-bond acceptors (Lipinski definition) is 3. The van der Waals surface area contributed by atoms with Gasteiger partial charge in [-0.3, -0.25) is 9.59 Å². The Bertz CT molecular complexity index is 608. The van der Waals surface area contributed by atoms with Gasteiger partial charge in [-0.15, -0.1) is 11.6 Å². The summed E-state index contributed by atoms with van der Waals surface area (Å²) in [6.45, 7) is 7.59. The highest BCUT2D eigenvalue weighted by atomic mass is 35.5. The monoisotopic (exact) mass is 380 g/mol. The molecule has 2 amide bonds. The molecule has 1 aromatic rings. The molecular weight excluding hydrogens is 352 g/mol. The molecule has 1 aromatic carbocycles. The average Bonchev–Trinajstić information content (AvgIpc) is 2.64. The summed E-state index contributed by atoms with van der Waals surface area (Å²) in [5, 5.41) is 3.06. The molecule has 0 radical (unpaired) electrons. The van der Waals surface area contributed by atoms with Crippen LogP contribution in [0.2, 0.25) is 0 Å². The summed E-state index contributed by atoms with van der Waals surface area (Å²) < 4.78 is 5.42. The van der Waals surface area contributed by atoms with Gasteiger partial charge >= 0.3 is 0 Å². The van der Waals surface area contributed by atoms with E-state index in [1.165, 1.54) is 0 Å². The Labute approximate surface area is 161 Å². The van der Waals surface area contributed by atoms with Crippen molar-refractivity contribution in [2.75, 3.05) is 25.6 Å². The second kappa shape index (κ2) is 9.26. The fourth-order valence-corrected chi connectivity index (χ4v) is 2.99. The predicted octanol–water partition coefficient (Wildman–Crippen LogP) is 3.00. The topological polar surface area (TPSA) is 58.6 Å². The van der Waals surface area contributed by atoms with Crippen molar-refractivity contribution in [2.45, 2.75) is 46.1 Å². The summed E-state index contributed by atoms with van der Waals surface area (Å²) >= 11 is 5.85. The lowest BCUT2D eigenvalue weighted by Crippen LogP contribution is -2.50. The normalized spacial score (nSPS) is 15.6. The van der Waals surface area contributed by atoms with E-state index in [1.807, 2.05) is 49.9 Å². The zero-order valence-corrected chi connectivity index (χ0v) is 16.6. The largest absolute Gasteiger partial charge is 0.494 e. The third-order valence-electron chi connectivity index (χ3n) is 4.72. The lowest BCUT2D eigenvalue weighted by atomic mass is 9.93. The van der Waals surface area contributed by atoms with E-state index in [2.05, 4.69) is 5.32 Å². The number of carbonyl (C=O) groups is 2. The van der Waals surface area contributed by atoms with Crippen molar-refractivity contribution >= 4 is 23.4 Å². The molecule has 1 saturated heterocycles. The molecule has 0 saturated carbocycles. The molecule has 2 rings (SSSR count). The van der Waals surface area contributed by atoms with E-state index in [0.29, 0.717) is 26.1 Å².